The second-order valence-corrected chi connectivity index (χ2v) is 10.1. The highest BCUT2D eigenvalue weighted by Gasteiger charge is 2.75. The molecule has 200 valence electrons. The Kier molecular flexibility index (Phi) is 7.40. The lowest BCUT2D eigenvalue weighted by Crippen LogP contribution is -2.64. The summed E-state index contributed by atoms with van der Waals surface area (Å²) < 4.78 is 22.2. The summed E-state index contributed by atoms with van der Waals surface area (Å²) in [6.45, 7) is 8.56. The lowest BCUT2D eigenvalue weighted by Gasteiger charge is -2.41. The molecule has 1 aliphatic heterocycles. The summed E-state index contributed by atoms with van der Waals surface area (Å²) in [5, 5.41) is 23.1. The van der Waals surface area contributed by atoms with Crippen LogP contribution < -0.4 is 0 Å². The topological polar surface area (TPSA) is 163 Å². The molecule has 1 saturated carbocycles. The fraction of sp³-hybridized carbons (Fsp3) is 0.720. The van der Waals surface area contributed by atoms with Crippen molar-refractivity contribution in [3.63, 3.8) is 0 Å². The van der Waals surface area contributed by atoms with Crippen molar-refractivity contribution >= 4 is 29.7 Å². The van der Waals surface area contributed by atoms with E-state index in [1.165, 1.54) is 13.8 Å². The molecule has 2 N–H and O–H groups in total. The molecule has 1 heterocycles. The number of carbonyl (C=O) groups excluding carboxylic acids is 5. The number of ketones is 1. The summed E-state index contributed by atoms with van der Waals surface area (Å²) in [5.41, 5.74) is -6.68. The van der Waals surface area contributed by atoms with E-state index in [9.17, 15) is 34.2 Å². The molecule has 0 amide bonds. The molecule has 0 aromatic rings. The second kappa shape index (κ2) is 9.59. The number of hydrogen-bond acceptors (Lipinski definition) is 11. The average Bonchev–Trinajstić information content (AvgIpc) is 3.07. The van der Waals surface area contributed by atoms with Crippen LogP contribution in [0, 0.1) is 5.92 Å². The molecule has 11 nitrogen and oxygen atoms in total. The molecule has 0 spiro atoms. The summed E-state index contributed by atoms with van der Waals surface area (Å²) in [5.74, 6) is -5.08. The number of aliphatic hydroxyl groups is 2. The summed E-state index contributed by atoms with van der Waals surface area (Å²) in [4.78, 5) is 63.3. The summed E-state index contributed by atoms with van der Waals surface area (Å²) in [6.07, 6.45) is -4.18. The smallest absolute Gasteiger partial charge is 0.341 e. The van der Waals surface area contributed by atoms with Crippen LogP contribution in [0.3, 0.4) is 0 Å². The van der Waals surface area contributed by atoms with E-state index >= 15 is 0 Å². The lowest BCUT2D eigenvalue weighted by atomic mass is 9.75. The average molecular weight is 511 g/mol. The van der Waals surface area contributed by atoms with Gasteiger partial charge in [0.25, 0.3) is 0 Å². The van der Waals surface area contributed by atoms with Gasteiger partial charge in [0.1, 0.15) is 11.7 Å². The normalized spacial score (nSPS) is 37.6. The highest BCUT2D eigenvalue weighted by atomic mass is 16.6. The molecule has 0 aromatic heterocycles. The zero-order valence-corrected chi connectivity index (χ0v) is 21.4. The molecule has 0 radical (unpaired) electrons. The van der Waals surface area contributed by atoms with Crippen LogP contribution in [0.5, 0.6) is 0 Å². The molecule has 2 fully saturated rings. The number of hydrogen-bond donors (Lipinski definition) is 2. The Balaban J connectivity index is 2.26. The first-order valence-electron chi connectivity index (χ1n) is 12.1. The highest BCUT2D eigenvalue weighted by molar-refractivity contribution is 6.04. The fourth-order valence-electron chi connectivity index (χ4n) is 5.59. The number of rotatable bonds is 7. The highest BCUT2D eigenvalue weighted by Crippen LogP contribution is 2.56. The van der Waals surface area contributed by atoms with Crippen molar-refractivity contribution in [2.45, 2.75) is 109 Å². The molecular weight excluding hydrogens is 476 g/mol. The van der Waals surface area contributed by atoms with E-state index < -0.39 is 77.1 Å². The molecule has 11 heteroatoms. The Morgan fingerprint density at radius 3 is 2.11 bits per heavy atom. The van der Waals surface area contributed by atoms with Crippen molar-refractivity contribution in [3.05, 3.63) is 11.1 Å². The van der Waals surface area contributed by atoms with Crippen LogP contribution in [0.15, 0.2) is 11.1 Å². The van der Waals surface area contributed by atoms with Crippen LogP contribution in [0.2, 0.25) is 0 Å². The first-order valence-corrected chi connectivity index (χ1v) is 12.1. The number of carbonyl (C=O) groups is 5. The molecule has 7 atom stereocenters. The molecule has 2 aliphatic carbocycles. The summed E-state index contributed by atoms with van der Waals surface area (Å²) >= 11 is 0. The van der Waals surface area contributed by atoms with Gasteiger partial charge in [-0.2, -0.15) is 0 Å². The first-order chi connectivity index (χ1) is 16.6. The maximum Gasteiger partial charge on any atom is 0.341 e. The maximum atomic E-state index is 13.3. The van der Waals surface area contributed by atoms with E-state index in [2.05, 4.69) is 0 Å². The van der Waals surface area contributed by atoms with Gasteiger partial charge >= 0.3 is 23.9 Å². The van der Waals surface area contributed by atoms with Gasteiger partial charge in [-0.05, 0) is 44.8 Å². The molecule has 0 bridgehead atoms. The zero-order chi connectivity index (χ0) is 27.2. The minimum Gasteiger partial charge on any atom is -0.459 e. The van der Waals surface area contributed by atoms with Crippen LogP contribution in [0.4, 0.5) is 0 Å². The van der Waals surface area contributed by atoms with Gasteiger partial charge in [0.15, 0.2) is 29.2 Å². The third kappa shape index (κ3) is 4.21. The van der Waals surface area contributed by atoms with Gasteiger partial charge in [-0.25, -0.2) is 4.79 Å². The van der Waals surface area contributed by atoms with Crippen molar-refractivity contribution in [1.29, 1.82) is 0 Å². The van der Waals surface area contributed by atoms with Crippen molar-refractivity contribution in [3.8, 4) is 0 Å². The molecule has 0 aromatic carbocycles. The van der Waals surface area contributed by atoms with E-state index in [4.69, 9.17) is 18.9 Å². The van der Waals surface area contributed by atoms with Gasteiger partial charge in [0, 0.05) is 26.2 Å². The van der Waals surface area contributed by atoms with Crippen molar-refractivity contribution in [1.82, 2.24) is 0 Å². The SMILES string of the molecule is CCCC(=O)O[C@@H]1C(=O)C(C)=C2[C@H]1[C@@](C)(OC(C)=O)C[C@H](OC(=O)CCC)[C@@]1(O)[C@H]2OC(=O)[C@@]1(C)O. The predicted octanol–water partition coefficient (Wildman–Crippen LogP) is 1.06. The summed E-state index contributed by atoms with van der Waals surface area (Å²) in [7, 11) is 0. The number of fused-ring (bicyclic) bond motifs is 3. The molecule has 3 aliphatic rings. The maximum absolute atomic E-state index is 13.3. The molecule has 1 saturated heterocycles. The molecule has 3 rings (SSSR count). The molecule has 36 heavy (non-hydrogen) atoms. The van der Waals surface area contributed by atoms with Gasteiger partial charge < -0.3 is 29.2 Å². The standard InChI is InChI=1S/C25H34O11/c1-7-9-15(27)33-14-11-23(5,36-13(4)26)18-17(21-25(14,32)24(6,31)22(30)35-21)12(3)19(29)20(18)34-16(28)10-8-2/h14,18,20-21,31-32H,7-11H2,1-6H3/t14-,18+,20-,21-,23-,24+,25+/m0/s1. The fourth-order valence-corrected chi connectivity index (χ4v) is 5.59. The van der Waals surface area contributed by atoms with E-state index in [0.717, 1.165) is 13.8 Å². The van der Waals surface area contributed by atoms with E-state index in [1.54, 1.807) is 13.8 Å². The Labute approximate surface area is 209 Å². The van der Waals surface area contributed by atoms with Crippen molar-refractivity contribution in [2.75, 3.05) is 0 Å². The van der Waals surface area contributed by atoms with Crippen molar-refractivity contribution < 1.29 is 53.1 Å². The van der Waals surface area contributed by atoms with E-state index in [-0.39, 0.29) is 24.0 Å². The van der Waals surface area contributed by atoms with Crippen molar-refractivity contribution in [2.24, 2.45) is 5.92 Å². The minimum absolute atomic E-state index is 0.0145. The van der Waals surface area contributed by atoms with Gasteiger partial charge in [-0.1, -0.05) is 13.8 Å². The second-order valence-electron chi connectivity index (χ2n) is 10.1. The van der Waals surface area contributed by atoms with Crippen LogP contribution in [-0.2, 0) is 42.9 Å². The van der Waals surface area contributed by atoms with Crippen LogP contribution in [-0.4, -0.2) is 75.0 Å². The van der Waals surface area contributed by atoms with Gasteiger partial charge in [-0.3, -0.25) is 19.2 Å². The predicted molar refractivity (Wildman–Crippen MR) is 121 cm³/mol. The number of esters is 4. The molecule has 0 unspecified atom stereocenters. The zero-order valence-electron chi connectivity index (χ0n) is 21.4. The first kappa shape index (κ1) is 27.8. The largest absolute Gasteiger partial charge is 0.459 e. The Hall–Kier alpha value is -2.79. The Morgan fingerprint density at radius 2 is 1.58 bits per heavy atom. The minimum atomic E-state index is -2.55. The number of Topliss-reactive ketones (excluding diaryl/α,β-unsaturated/α-hetero) is 1. The van der Waals surface area contributed by atoms with Crippen LogP contribution in [0.1, 0.15) is 73.6 Å². The van der Waals surface area contributed by atoms with Gasteiger partial charge in [-0.15, -0.1) is 0 Å². The van der Waals surface area contributed by atoms with Crippen LogP contribution >= 0.6 is 0 Å². The monoisotopic (exact) mass is 510 g/mol. The quantitative estimate of drug-likeness (QED) is 0.372. The Bertz CT molecular complexity index is 1010. The lowest BCUT2D eigenvalue weighted by molar-refractivity contribution is -0.211. The van der Waals surface area contributed by atoms with Gasteiger partial charge in [0.2, 0.25) is 0 Å². The van der Waals surface area contributed by atoms with E-state index in [1.807, 2.05) is 0 Å². The van der Waals surface area contributed by atoms with E-state index in [0.29, 0.717) is 12.8 Å². The summed E-state index contributed by atoms with van der Waals surface area (Å²) in [6, 6.07) is 0. The number of ether oxygens (including phenoxy) is 4. The third-order valence-electron chi connectivity index (χ3n) is 7.34. The van der Waals surface area contributed by atoms with Gasteiger partial charge in [0.05, 0.1) is 5.92 Å². The Morgan fingerprint density at radius 1 is 1.03 bits per heavy atom. The molecular formula is C25H34O11. The van der Waals surface area contributed by atoms with Crippen LogP contribution in [0.25, 0.3) is 0 Å². The third-order valence-corrected chi connectivity index (χ3v) is 7.34.